The number of alkyl halides is 2. The van der Waals surface area contributed by atoms with Gasteiger partial charge in [-0.3, -0.25) is 4.90 Å². The Balaban J connectivity index is 0. The number of hydrogen-bond acceptors (Lipinski definition) is 1. The zero-order valence-electron chi connectivity index (χ0n) is 7.94. The van der Waals surface area contributed by atoms with Crippen LogP contribution in [0.4, 0.5) is 0 Å². The quantitative estimate of drug-likeness (QED) is 0.676. The van der Waals surface area contributed by atoms with Crippen LogP contribution < -0.4 is 0 Å². The fraction of sp³-hybridized carbons (Fsp3) is 1.00. The molecule has 0 N–H and O–H groups in total. The van der Waals surface area contributed by atoms with Gasteiger partial charge in [0, 0.05) is 30.4 Å². The van der Waals surface area contributed by atoms with Gasteiger partial charge in [-0.2, -0.15) is 0 Å². The third kappa shape index (κ3) is 6.36. The van der Waals surface area contributed by atoms with E-state index < -0.39 is 0 Å². The Morgan fingerprint density at radius 1 is 1.00 bits per heavy atom. The molecule has 0 aromatic rings. The minimum absolute atomic E-state index is 0. The summed E-state index contributed by atoms with van der Waals surface area (Å²) < 4.78 is 0. The monoisotopic (exact) mass is 233 g/mol. The van der Waals surface area contributed by atoms with E-state index in [0.717, 1.165) is 13.1 Å². The lowest BCUT2D eigenvalue weighted by molar-refractivity contribution is 0.156. The molecule has 0 unspecified atom stereocenters. The Bertz CT molecular complexity index is 95.0. The van der Waals surface area contributed by atoms with Crippen molar-refractivity contribution < 1.29 is 0 Å². The molecule has 76 valence electrons. The number of rotatable bonds is 4. The predicted molar refractivity (Wildman–Crippen MR) is 60.0 cm³/mol. The molecule has 12 heavy (non-hydrogen) atoms. The van der Waals surface area contributed by atoms with Gasteiger partial charge in [0.2, 0.25) is 0 Å². The van der Waals surface area contributed by atoms with Gasteiger partial charge in [0.25, 0.3) is 0 Å². The van der Waals surface area contributed by atoms with Gasteiger partial charge in [-0.15, -0.1) is 35.6 Å². The Hall–Kier alpha value is 0.830. The summed E-state index contributed by atoms with van der Waals surface area (Å²) in [5, 5.41) is 0. The van der Waals surface area contributed by atoms with Gasteiger partial charge in [0.05, 0.1) is 0 Å². The summed E-state index contributed by atoms with van der Waals surface area (Å²) in [7, 11) is 0. The Labute approximate surface area is 91.8 Å². The van der Waals surface area contributed by atoms with Gasteiger partial charge >= 0.3 is 0 Å². The largest absolute Gasteiger partial charge is 0.296 e. The van der Waals surface area contributed by atoms with Crippen LogP contribution in [0.25, 0.3) is 0 Å². The summed E-state index contributed by atoms with van der Waals surface area (Å²) in [6.07, 6.45) is 0. The van der Waals surface area contributed by atoms with Crippen LogP contribution >= 0.6 is 35.6 Å². The average molecular weight is 235 g/mol. The molecule has 0 rings (SSSR count). The fourth-order valence-electron chi connectivity index (χ4n) is 0.987. The molecule has 0 aromatic carbocycles. The van der Waals surface area contributed by atoms with Crippen LogP contribution in [0.3, 0.4) is 0 Å². The van der Waals surface area contributed by atoms with Crippen LogP contribution in [0, 0.1) is 0 Å². The highest BCUT2D eigenvalue weighted by Crippen LogP contribution is 2.12. The van der Waals surface area contributed by atoms with Crippen LogP contribution in [0.1, 0.15) is 20.8 Å². The molecule has 0 atom stereocenters. The lowest BCUT2D eigenvalue weighted by atomic mass is 10.1. The highest BCUT2D eigenvalue weighted by molar-refractivity contribution is 6.18. The SMILES string of the molecule is CC(C)(C)N(CCCl)CCCl.Cl. The Morgan fingerprint density at radius 2 is 1.33 bits per heavy atom. The van der Waals surface area contributed by atoms with E-state index in [1.54, 1.807) is 0 Å². The first kappa shape index (κ1) is 15.3. The molecule has 0 saturated carbocycles. The standard InChI is InChI=1S/C8H17Cl2N.ClH/c1-8(2,3)11(6-4-9)7-5-10;/h4-7H2,1-3H3;1H. The van der Waals surface area contributed by atoms with Crippen LogP contribution in [0.5, 0.6) is 0 Å². The zero-order valence-corrected chi connectivity index (χ0v) is 10.3. The smallest absolute Gasteiger partial charge is 0.0351 e. The maximum Gasteiger partial charge on any atom is 0.0351 e. The molecule has 0 spiro atoms. The highest BCUT2D eigenvalue weighted by atomic mass is 35.5. The number of nitrogens with zero attached hydrogens (tertiary/aromatic N) is 1. The number of halogens is 3. The van der Waals surface area contributed by atoms with Crippen LogP contribution in [-0.4, -0.2) is 35.3 Å². The van der Waals surface area contributed by atoms with Crippen LogP contribution in [0.15, 0.2) is 0 Å². The molecule has 0 aliphatic carbocycles. The van der Waals surface area contributed by atoms with E-state index in [1.807, 2.05) is 0 Å². The molecule has 0 heterocycles. The van der Waals surface area contributed by atoms with Gasteiger partial charge < -0.3 is 0 Å². The van der Waals surface area contributed by atoms with Crippen LogP contribution in [0.2, 0.25) is 0 Å². The first-order valence-electron chi connectivity index (χ1n) is 3.89. The van der Waals surface area contributed by atoms with E-state index in [0.29, 0.717) is 11.8 Å². The fourth-order valence-corrected chi connectivity index (χ4v) is 1.39. The van der Waals surface area contributed by atoms with Gasteiger partial charge in [-0.1, -0.05) is 0 Å². The summed E-state index contributed by atoms with van der Waals surface area (Å²) >= 11 is 11.3. The van der Waals surface area contributed by atoms with E-state index in [1.165, 1.54) is 0 Å². The molecule has 0 aliphatic rings. The van der Waals surface area contributed by atoms with Crippen molar-refractivity contribution in [3.05, 3.63) is 0 Å². The summed E-state index contributed by atoms with van der Waals surface area (Å²) in [6, 6.07) is 0. The van der Waals surface area contributed by atoms with Crippen molar-refractivity contribution in [1.29, 1.82) is 0 Å². The second kappa shape index (κ2) is 7.25. The molecule has 0 amide bonds. The molecule has 0 aliphatic heterocycles. The summed E-state index contributed by atoms with van der Waals surface area (Å²) in [5.41, 5.74) is 0.184. The van der Waals surface area contributed by atoms with Crippen molar-refractivity contribution in [2.24, 2.45) is 0 Å². The van der Waals surface area contributed by atoms with E-state index >= 15 is 0 Å². The maximum atomic E-state index is 5.65. The minimum Gasteiger partial charge on any atom is -0.296 e. The van der Waals surface area contributed by atoms with Gasteiger partial charge in [0.15, 0.2) is 0 Å². The molecule has 0 aromatic heterocycles. The molecule has 0 bridgehead atoms. The van der Waals surface area contributed by atoms with E-state index in [2.05, 4.69) is 25.7 Å². The number of hydrogen-bond donors (Lipinski definition) is 0. The van der Waals surface area contributed by atoms with E-state index in [-0.39, 0.29) is 17.9 Å². The molecule has 0 saturated heterocycles. The molecule has 1 nitrogen and oxygen atoms in total. The van der Waals surface area contributed by atoms with Crippen molar-refractivity contribution >= 4 is 35.6 Å². The van der Waals surface area contributed by atoms with Gasteiger partial charge in [0.1, 0.15) is 0 Å². The molecule has 0 fully saturated rings. The first-order chi connectivity index (χ1) is 5.02. The summed E-state index contributed by atoms with van der Waals surface area (Å²) in [4.78, 5) is 2.28. The van der Waals surface area contributed by atoms with Crippen molar-refractivity contribution in [3.8, 4) is 0 Å². The third-order valence-electron chi connectivity index (χ3n) is 1.66. The molecular weight excluding hydrogens is 216 g/mol. The molecule has 0 radical (unpaired) electrons. The second-order valence-corrected chi connectivity index (χ2v) is 4.29. The second-order valence-electron chi connectivity index (χ2n) is 3.54. The minimum atomic E-state index is 0. The normalized spacial score (nSPS) is 11.5. The van der Waals surface area contributed by atoms with Crippen molar-refractivity contribution in [1.82, 2.24) is 4.90 Å². The first-order valence-corrected chi connectivity index (χ1v) is 4.96. The topological polar surface area (TPSA) is 3.24 Å². The lowest BCUT2D eigenvalue weighted by Gasteiger charge is -2.34. The van der Waals surface area contributed by atoms with Crippen molar-refractivity contribution in [2.75, 3.05) is 24.8 Å². The van der Waals surface area contributed by atoms with Crippen molar-refractivity contribution in [2.45, 2.75) is 26.3 Å². The highest BCUT2D eigenvalue weighted by Gasteiger charge is 2.19. The van der Waals surface area contributed by atoms with Gasteiger partial charge in [-0.05, 0) is 20.8 Å². The third-order valence-corrected chi connectivity index (χ3v) is 2.00. The van der Waals surface area contributed by atoms with Gasteiger partial charge in [-0.25, -0.2) is 0 Å². The van der Waals surface area contributed by atoms with E-state index in [4.69, 9.17) is 23.2 Å². The Kier molecular flexibility index (Phi) is 9.25. The van der Waals surface area contributed by atoms with E-state index in [9.17, 15) is 0 Å². The summed E-state index contributed by atoms with van der Waals surface area (Å²) in [6.45, 7) is 8.35. The molecule has 4 heteroatoms. The lowest BCUT2D eigenvalue weighted by Crippen LogP contribution is -2.43. The van der Waals surface area contributed by atoms with Crippen LogP contribution in [-0.2, 0) is 0 Å². The Morgan fingerprint density at radius 3 is 1.50 bits per heavy atom. The maximum absolute atomic E-state index is 5.65. The average Bonchev–Trinajstić information content (AvgIpc) is 1.85. The predicted octanol–water partition coefficient (Wildman–Crippen LogP) is 2.99. The van der Waals surface area contributed by atoms with Crippen molar-refractivity contribution in [3.63, 3.8) is 0 Å². The zero-order chi connectivity index (χ0) is 8.91. The molecular formula is C8H18Cl3N. The summed E-state index contributed by atoms with van der Waals surface area (Å²) in [5.74, 6) is 1.35.